The minimum atomic E-state index is 0.129. The molecule has 2 nitrogen and oxygen atoms in total. The van der Waals surface area contributed by atoms with E-state index in [1.165, 1.54) is 65.8 Å². The van der Waals surface area contributed by atoms with Crippen LogP contribution in [0.2, 0.25) is 0 Å². The Morgan fingerprint density at radius 2 is 1.42 bits per heavy atom. The third-order valence-electron chi connectivity index (χ3n) is 8.07. The number of aromatic nitrogens is 1. The van der Waals surface area contributed by atoms with Gasteiger partial charge in [0, 0.05) is 17.0 Å². The monoisotopic (exact) mass is 502 g/mol. The molecular formula is C36H40NO+. The number of ether oxygens (including phenoxy) is 1. The quantitative estimate of drug-likeness (QED) is 0.170. The summed E-state index contributed by atoms with van der Waals surface area (Å²) in [6, 6.07) is 18.1. The Labute approximate surface area is 227 Å². The van der Waals surface area contributed by atoms with Crippen LogP contribution in [0.5, 0.6) is 11.5 Å². The Morgan fingerprint density at radius 1 is 0.737 bits per heavy atom. The fourth-order valence-corrected chi connectivity index (χ4v) is 6.58. The third-order valence-corrected chi connectivity index (χ3v) is 8.07. The summed E-state index contributed by atoms with van der Waals surface area (Å²) in [6.07, 6.45) is 4.22. The summed E-state index contributed by atoms with van der Waals surface area (Å²) in [5.41, 5.74) is 8.15. The second-order valence-corrected chi connectivity index (χ2v) is 13.8. The summed E-state index contributed by atoms with van der Waals surface area (Å²) >= 11 is 0. The molecule has 1 aliphatic heterocycles. The van der Waals surface area contributed by atoms with Crippen LogP contribution in [0.15, 0.2) is 54.7 Å². The first-order chi connectivity index (χ1) is 17.8. The highest BCUT2D eigenvalue weighted by Crippen LogP contribution is 2.53. The summed E-state index contributed by atoms with van der Waals surface area (Å²) in [6.45, 7) is 18.4. The molecule has 0 N–H and O–H groups in total. The molecule has 0 amide bonds. The van der Waals surface area contributed by atoms with Gasteiger partial charge < -0.3 is 4.74 Å². The molecular weight excluding hydrogens is 462 g/mol. The maximum absolute atomic E-state index is 7.09. The molecule has 0 unspecified atom stereocenters. The van der Waals surface area contributed by atoms with Crippen LogP contribution in [0.4, 0.5) is 0 Å². The van der Waals surface area contributed by atoms with Crippen molar-refractivity contribution in [3.63, 3.8) is 0 Å². The number of pyridine rings is 1. The molecule has 2 heterocycles. The van der Waals surface area contributed by atoms with E-state index in [4.69, 9.17) is 4.74 Å². The maximum atomic E-state index is 7.09. The molecule has 0 fully saturated rings. The lowest BCUT2D eigenvalue weighted by Crippen LogP contribution is -2.32. The minimum Gasteiger partial charge on any atom is -0.455 e. The van der Waals surface area contributed by atoms with Crippen molar-refractivity contribution in [2.24, 2.45) is 17.9 Å². The highest BCUT2D eigenvalue weighted by molar-refractivity contribution is 6.17. The van der Waals surface area contributed by atoms with Crippen LogP contribution < -0.4 is 9.30 Å². The number of hydrogen-bond acceptors (Lipinski definition) is 1. The average Bonchev–Trinajstić information content (AvgIpc) is 2.83. The highest BCUT2D eigenvalue weighted by atomic mass is 16.5. The summed E-state index contributed by atoms with van der Waals surface area (Å²) in [7, 11) is 2.18. The van der Waals surface area contributed by atoms with E-state index >= 15 is 0 Å². The molecule has 194 valence electrons. The molecule has 1 aromatic heterocycles. The van der Waals surface area contributed by atoms with Gasteiger partial charge in [-0.2, -0.15) is 0 Å². The summed E-state index contributed by atoms with van der Waals surface area (Å²) < 4.78 is 9.39. The van der Waals surface area contributed by atoms with Crippen molar-refractivity contribution in [2.45, 2.75) is 68.2 Å². The lowest BCUT2D eigenvalue weighted by Gasteiger charge is -2.29. The van der Waals surface area contributed by atoms with Crippen molar-refractivity contribution in [2.75, 3.05) is 0 Å². The van der Waals surface area contributed by atoms with Gasteiger partial charge in [0.05, 0.1) is 10.9 Å². The molecule has 0 saturated carbocycles. The van der Waals surface area contributed by atoms with E-state index < -0.39 is 0 Å². The second kappa shape index (κ2) is 8.30. The summed E-state index contributed by atoms with van der Waals surface area (Å²) in [5.74, 6) is 2.02. The predicted octanol–water partition coefficient (Wildman–Crippen LogP) is 9.54. The topological polar surface area (TPSA) is 13.1 Å². The van der Waals surface area contributed by atoms with Gasteiger partial charge in [0.2, 0.25) is 5.69 Å². The van der Waals surface area contributed by atoms with E-state index in [-0.39, 0.29) is 10.8 Å². The largest absolute Gasteiger partial charge is 0.455 e. The van der Waals surface area contributed by atoms with Crippen molar-refractivity contribution in [1.82, 2.24) is 0 Å². The van der Waals surface area contributed by atoms with Gasteiger partial charge in [-0.1, -0.05) is 77.9 Å². The van der Waals surface area contributed by atoms with Crippen LogP contribution in [0, 0.1) is 24.7 Å². The van der Waals surface area contributed by atoms with Crippen molar-refractivity contribution < 1.29 is 9.30 Å². The Hall–Kier alpha value is -3.39. The van der Waals surface area contributed by atoms with Crippen LogP contribution in [0.25, 0.3) is 43.6 Å². The minimum absolute atomic E-state index is 0.129. The Morgan fingerprint density at radius 3 is 2.11 bits per heavy atom. The van der Waals surface area contributed by atoms with Crippen molar-refractivity contribution in [1.29, 1.82) is 0 Å². The van der Waals surface area contributed by atoms with Crippen LogP contribution in [0.3, 0.4) is 0 Å². The Bertz CT molecular complexity index is 1780. The molecule has 5 aromatic rings. The van der Waals surface area contributed by atoms with Crippen molar-refractivity contribution in [3.8, 4) is 22.8 Å². The van der Waals surface area contributed by atoms with Gasteiger partial charge in [-0.15, -0.1) is 0 Å². The Kier molecular flexibility index (Phi) is 5.44. The molecule has 2 heteroatoms. The first kappa shape index (κ1) is 24.9. The highest BCUT2D eigenvalue weighted by Gasteiger charge is 2.34. The second-order valence-electron chi connectivity index (χ2n) is 13.8. The van der Waals surface area contributed by atoms with Gasteiger partial charge in [-0.25, -0.2) is 4.57 Å². The van der Waals surface area contributed by atoms with Gasteiger partial charge in [-0.3, -0.25) is 0 Å². The molecule has 38 heavy (non-hydrogen) atoms. The van der Waals surface area contributed by atoms with E-state index in [1.54, 1.807) is 0 Å². The van der Waals surface area contributed by atoms with Gasteiger partial charge in [0.25, 0.3) is 0 Å². The smallest absolute Gasteiger partial charge is 0.228 e. The summed E-state index contributed by atoms with van der Waals surface area (Å²) in [5, 5.41) is 7.81. The zero-order chi connectivity index (χ0) is 27.1. The van der Waals surface area contributed by atoms with Crippen LogP contribution >= 0.6 is 0 Å². The first-order valence-electron chi connectivity index (χ1n) is 13.9. The van der Waals surface area contributed by atoms with Gasteiger partial charge in [0.1, 0.15) is 18.5 Å². The normalized spacial score (nSPS) is 13.3. The van der Waals surface area contributed by atoms with E-state index in [9.17, 15) is 0 Å². The van der Waals surface area contributed by atoms with Crippen LogP contribution in [0.1, 0.15) is 63.8 Å². The number of benzene rings is 4. The van der Waals surface area contributed by atoms with Gasteiger partial charge in [0.15, 0.2) is 6.20 Å². The van der Waals surface area contributed by atoms with Crippen LogP contribution in [-0.4, -0.2) is 0 Å². The molecule has 0 saturated heterocycles. The van der Waals surface area contributed by atoms with Crippen LogP contribution in [-0.2, 0) is 19.9 Å². The molecule has 6 rings (SSSR count). The zero-order valence-electron chi connectivity index (χ0n) is 24.5. The van der Waals surface area contributed by atoms with Crippen molar-refractivity contribution in [3.05, 3.63) is 77.0 Å². The molecule has 0 radical (unpaired) electrons. The number of nitrogens with zero attached hydrogens (tertiary/aromatic N) is 1. The lowest BCUT2D eigenvalue weighted by atomic mass is 9.81. The predicted molar refractivity (Wildman–Crippen MR) is 161 cm³/mol. The first-order valence-corrected chi connectivity index (χ1v) is 13.9. The number of aryl methyl sites for hydroxylation is 3. The lowest BCUT2D eigenvalue weighted by molar-refractivity contribution is -0.659. The number of rotatable bonds is 2. The fourth-order valence-electron chi connectivity index (χ4n) is 6.58. The maximum Gasteiger partial charge on any atom is 0.228 e. The SMILES string of the molecule is Cc1c2c(c(CC(C)(C)C)c3ccccc13)Oc1cc3c(CC(C)(C)C)ccc(C)c3c3cc[n+](C)c-2c13. The average molecular weight is 503 g/mol. The third kappa shape index (κ3) is 3.88. The Balaban J connectivity index is 1.78. The number of hydrogen-bond donors (Lipinski definition) is 0. The van der Waals surface area contributed by atoms with Gasteiger partial charge in [-0.05, 0) is 81.8 Å². The molecule has 0 spiro atoms. The fraction of sp³-hybridized carbons (Fsp3) is 0.361. The molecule has 0 bridgehead atoms. The van der Waals surface area contributed by atoms with E-state index in [1.807, 2.05) is 0 Å². The van der Waals surface area contributed by atoms with Crippen molar-refractivity contribution >= 4 is 32.3 Å². The molecule has 0 aliphatic carbocycles. The van der Waals surface area contributed by atoms with E-state index in [2.05, 4.69) is 122 Å². The summed E-state index contributed by atoms with van der Waals surface area (Å²) in [4.78, 5) is 0. The van der Waals surface area contributed by atoms with E-state index in [0.717, 1.165) is 24.3 Å². The number of fused-ring (bicyclic) bond motifs is 5. The van der Waals surface area contributed by atoms with E-state index in [0.29, 0.717) is 0 Å². The molecule has 4 aromatic carbocycles. The standard InChI is InChI=1S/C36H40NO/c1-21-14-15-23(19-35(3,4)5)27-18-29-32-26(30(21)27)16-17-37(9)33(32)31-22(2)24-12-10-11-13-25(24)28(34(31)38-29)20-36(6,7)8/h10-18H,19-20H2,1-9H3/q+1. The molecule has 0 atom stereocenters. The molecule has 1 aliphatic rings. The van der Waals surface area contributed by atoms with Gasteiger partial charge >= 0.3 is 0 Å². The zero-order valence-corrected chi connectivity index (χ0v) is 24.5.